The van der Waals surface area contributed by atoms with Crippen molar-refractivity contribution in [3.63, 3.8) is 0 Å². The maximum atomic E-state index is 13.9. The van der Waals surface area contributed by atoms with E-state index in [0.717, 1.165) is 25.7 Å². The van der Waals surface area contributed by atoms with Crippen LogP contribution in [0.5, 0.6) is 0 Å². The fraction of sp³-hybridized carbons (Fsp3) is 0.708. The third kappa shape index (κ3) is 3.66. The second-order valence-corrected chi connectivity index (χ2v) is 10.5. The van der Waals surface area contributed by atoms with Gasteiger partial charge in [0.05, 0.1) is 7.11 Å². The number of nitrogens with one attached hydrogen (secondary N) is 1. The third-order valence-electron chi connectivity index (χ3n) is 7.70. The molecule has 0 aromatic heterocycles. The second kappa shape index (κ2) is 7.68. The number of ether oxygens (including phenoxy) is 2. The lowest BCUT2D eigenvalue weighted by Crippen LogP contribution is -2.61. The van der Waals surface area contributed by atoms with Gasteiger partial charge < -0.3 is 19.7 Å². The molecule has 0 radical (unpaired) electrons. The van der Waals surface area contributed by atoms with Crippen molar-refractivity contribution in [1.29, 1.82) is 0 Å². The van der Waals surface area contributed by atoms with Crippen LogP contribution in [0.2, 0.25) is 0 Å². The van der Waals surface area contributed by atoms with E-state index in [1.54, 1.807) is 31.7 Å². The molecule has 1 saturated heterocycles. The van der Waals surface area contributed by atoms with E-state index in [2.05, 4.69) is 24.0 Å². The Hall–Kier alpha value is -2.31. The van der Waals surface area contributed by atoms with Gasteiger partial charge in [0, 0.05) is 17.9 Å². The SMILES string of the molecule is C=CC1([C@H](NC(=O)OC(C)(C)C)C(=O)N2C[C@H]3[C@@H]([C@H]2C(=O)OC)[C@H]2C=C[C@@H]3C2)CCC1. The lowest BCUT2D eigenvalue weighted by Gasteiger charge is -2.46. The number of carbonyl (C=O) groups is 3. The smallest absolute Gasteiger partial charge is 0.408 e. The third-order valence-corrected chi connectivity index (χ3v) is 7.70. The summed E-state index contributed by atoms with van der Waals surface area (Å²) in [4.78, 5) is 41.0. The lowest BCUT2D eigenvalue weighted by atomic mass is 9.63. The molecule has 2 amide bonds. The van der Waals surface area contributed by atoms with E-state index in [1.165, 1.54) is 7.11 Å². The summed E-state index contributed by atoms with van der Waals surface area (Å²) in [5, 5.41) is 2.83. The van der Waals surface area contributed by atoms with Crippen LogP contribution in [0.4, 0.5) is 4.79 Å². The van der Waals surface area contributed by atoms with Crippen LogP contribution in [-0.4, -0.2) is 54.2 Å². The predicted molar refractivity (Wildman–Crippen MR) is 115 cm³/mol. The molecule has 1 aliphatic heterocycles. The average molecular weight is 431 g/mol. The Labute approximate surface area is 184 Å². The van der Waals surface area contributed by atoms with Crippen LogP contribution >= 0.6 is 0 Å². The molecule has 2 bridgehead atoms. The molecule has 6 atom stereocenters. The molecule has 3 fully saturated rings. The molecule has 31 heavy (non-hydrogen) atoms. The number of hydrogen-bond acceptors (Lipinski definition) is 5. The number of fused-ring (bicyclic) bond motifs is 5. The number of nitrogens with zero attached hydrogens (tertiary/aromatic N) is 1. The van der Waals surface area contributed by atoms with Gasteiger partial charge in [-0.1, -0.05) is 24.6 Å². The Morgan fingerprint density at radius 1 is 1.23 bits per heavy atom. The van der Waals surface area contributed by atoms with E-state index >= 15 is 0 Å². The number of hydrogen-bond donors (Lipinski definition) is 1. The Morgan fingerprint density at radius 3 is 2.45 bits per heavy atom. The number of likely N-dealkylation sites (tertiary alicyclic amines) is 1. The van der Waals surface area contributed by atoms with Crippen LogP contribution in [0.3, 0.4) is 0 Å². The topological polar surface area (TPSA) is 84.9 Å². The van der Waals surface area contributed by atoms with Gasteiger partial charge in [-0.15, -0.1) is 6.58 Å². The molecule has 3 aliphatic carbocycles. The molecule has 170 valence electrons. The first-order chi connectivity index (χ1) is 14.6. The van der Waals surface area contributed by atoms with Crippen LogP contribution in [0.25, 0.3) is 0 Å². The van der Waals surface area contributed by atoms with E-state index < -0.39 is 29.2 Å². The normalized spacial score (nSPS) is 33.3. The van der Waals surface area contributed by atoms with Crippen molar-refractivity contribution in [3.05, 3.63) is 24.8 Å². The molecular formula is C24H34N2O5. The molecule has 7 nitrogen and oxygen atoms in total. The molecule has 0 aromatic rings. The van der Waals surface area contributed by atoms with E-state index in [4.69, 9.17) is 9.47 Å². The van der Waals surface area contributed by atoms with Crippen molar-refractivity contribution in [2.75, 3.05) is 13.7 Å². The van der Waals surface area contributed by atoms with E-state index in [1.807, 2.05) is 0 Å². The van der Waals surface area contributed by atoms with Crippen LogP contribution in [0, 0.1) is 29.1 Å². The number of alkyl carbamates (subject to hydrolysis) is 1. The standard InChI is InChI=1S/C24H34N2O5/c1-6-24(10-7-11-24)19(25-22(29)31-23(2,3)4)20(27)26-13-16-14-8-9-15(12-14)17(16)18(26)21(28)30-5/h6,8-9,14-19H,1,7,10-13H2,2-5H3,(H,25,29)/t14-,15+,16-,17+,18+,19-/m1/s1. The van der Waals surface area contributed by atoms with Gasteiger partial charge in [0.25, 0.3) is 0 Å². The highest BCUT2D eigenvalue weighted by Crippen LogP contribution is 2.55. The molecule has 4 rings (SSSR count). The minimum absolute atomic E-state index is 0.0784. The monoisotopic (exact) mass is 430 g/mol. The van der Waals surface area contributed by atoms with Crippen LogP contribution in [0.1, 0.15) is 46.5 Å². The zero-order valence-electron chi connectivity index (χ0n) is 18.9. The predicted octanol–water partition coefficient (Wildman–Crippen LogP) is 3.06. The van der Waals surface area contributed by atoms with Gasteiger partial charge >= 0.3 is 12.1 Å². The van der Waals surface area contributed by atoms with Gasteiger partial charge in [0.15, 0.2) is 0 Å². The van der Waals surface area contributed by atoms with Gasteiger partial charge in [0.2, 0.25) is 5.91 Å². The fourth-order valence-corrected chi connectivity index (χ4v) is 6.11. The molecule has 0 spiro atoms. The molecule has 4 aliphatic rings. The zero-order chi connectivity index (χ0) is 22.6. The Morgan fingerprint density at radius 2 is 1.90 bits per heavy atom. The van der Waals surface area contributed by atoms with Crippen molar-refractivity contribution in [2.24, 2.45) is 29.1 Å². The first-order valence-corrected chi connectivity index (χ1v) is 11.3. The number of allylic oxidation sites excluding steroid dienone is 2. The van der Waals surface area contributed by atoms with Crippen molar-refractivity contribution in [1.82, 2.24) is 10.2 Å². The molecule has 2 saturated carbocycles. The van der Waals surface area contributed by atoms with Gasteiger partial charge in [-0.3, -0.25) is 4.79 Å². The summed E-state index contributed by atoms with van der Waals surface area (Å²) in [6.45, 7) is 9.83. The van der Waals surface area contributed by atoms with E-state index in [-0.39, 0.29) is 23.7 Å². The quantitative estimate of drug-likeness (QED) is 0.535. The first kappa shape index (κ1) is 21.9. The molecular weight excluding hydrogens is 396 g/mol. The van der Waals surface area contributed by atoms with E-state index in [9.17, 15) is 14.4 Å². The molecule has 0 unspecified atom stereocenters. The van der Waals surface area contributed by atoms with Crippen molar-refractivity contribution in [3.8, 4) is 0 Å². The highest BCUT2D eigenvalue weighted by molar-refractivity contribution is 5.91. The number of rotatable bonds is 5. The highest BCUT2D eigenvalue weighted by atomic mass is 16.6. The summed E-state index contributed by atoms with van der Waals surface area (Å²) < 4.78 is 10.6. The molecule has 0 aromatic carbocycles. The number of carbonyl (C=O) groups excluding carboxylic acids is 3. The van der Waals surface area contributed by atoms with Crippen LogP contribution in [0.15, 0.2) is 24.8 Å². The Bertz CT molecular complexity index is 809. The summed E-state index contributed by atoms with van der Waals surface area (Å²) in [5.41, 5.74) is -1.20. The maximum Gasteiger partial charge on any atom is 0.408 e. The minimum atomic E-state index is -0.815. The van der Waals surface area contributed by atoms with Gasteiger partial charge in [-0.25, -0.2) is 9.59 Å². The first-order valence-electron chi connectivity index (χ1n) is 11.3. The lowest BCUT2D eigenvalue weighted by molar-refractivity contribution is -0.154. The minimum Gasteiger partial charge on any atom is -0.467 e. The second-order valence-electron chi connectivity index (χ2n) is 10.5. The van der Waals surface area contributed by atoms with Crippen molar-refractivity contribution >= 4 is 18.0 Å². The fourth-order valence-electron chi connectivity index (χ4n) is 6.11. The summed E-state index contributed by atoms with van der Waals surface area (Å²) in [6.07, 6.45) is 9.09. The van der Waals surface area contributed by atoms with Crippen LogP contribution < -0.4 is 5.32 Å². The largest absolute Gasteiger partial charge is 0.467 e. The Balaban J connectivity index is 1.62. The Kier molecular flexibility index (Phi) is 5.42. The molecule has 1 N–H and O–H groups in total. The summed E-state index contributed by atoms with van der Waals surface area (Å²) in [6, 6.07) is -1.43. The van der Waals surface area contributed by atoms with Crippen molar-refractivity contribution < 1.29 is 23.9 Å². The van der Waals surface area contributed by atoms with Gasteiger partial charge in [-0.2, -0.15) is 0 Å². The number of methoxy groups -OCH3 is 1. The van der Waals surface area contributed by atoms with E-state index in [0.29, 0.717) is 18.4 Å². The summed E-state index contributed by atoms with van der Waals surface area (Å²) in [5.74, 6) is 0.412. The van der Waals surface area contributed by atoms with Gasteiger partial charge in [0.1, 0.15) is 17.7 Å². The molecule has 1 heterocycles. The van der Waals surface area contributed by atoms with Crippen LogP contribution in [-0.2, 0) is 19.1 Å². The zero-order valence-corrected chi connectivity index (χ0v) is 18.9. The number of esters is 1. The highest BCUT2D eigenvalue weighted by Gasteiger charge is 2.60. The van der Waals surface area contributed by atoms with Crippen molar-refractivity contribution in [2.45, 2.75) is 64.1 Å². The van der Waals surface area contributed by atoms with Gasteiger partial charge in [-0.05, 0) is 57.8 Å². The number of amides is 2. The summed E-state index contributed by atoms with van der Waals surface area (Å²) >= 11 is 0. The molecule has 7 heteroatoms. The summed E-state index contributed by atoms with van der Waals surface area (Å²) in [7, 11) is 1.37. The maximum absolute atomic E-state index is 13.9. The average Bonchev–Trinajstić information content (AvgIpc) is 3.36.